The van der Waals surface area contributed by atoms with E-state index in [4.69, 9.17) is 34.8 Å². The smallest absolute Gasteiger partial charge is 0.290 e. The molecule has 0 saturated heterocycles. The van der Waals surface area contributed by atoms with Crippen molar-refractivity contribution in [3.05, 3.63) is 61.1 Å². The maximum Gasteiger partial charge on any atom is 0.290 e. The minimum absolute atomic E-state index is 0.0779. The van der Waals surface area contributed by atoms with Gasteiger partial charge >= 0.3 is 0 Å². The number of phenolic OH excluding ortho intramolecular Hbond substituents is 1. The fraction of sp³-hybridized carbons (Fsp3) is 0. The molecule has 0 bridgehead atoms. The predicted molar refractivity (Wildman–Crippen MR) is 83.5 cm³/mol. The Kier molecular flexibility index (Phi) is 4.67. The Morgan fingerprint density at radius 1 is 1.24 bits per heavy atom. The third-order valence-corrected chi connectivity index (χ3v) is 3.45. The lowest BCUT2D eigenvalue weighted by atomic mass is 10.2. The van der Waals surface area contributed by atoms with Gasteiger partial charge in [0.25, 0.3) is 5.69 Å². The molecule has 0 heterocycles. The summed E-state index contributed by atoms with van der Waals surface area (Å²) in [7, 11) is 0. The fourth-order valence-electron chi connectivity index (χ4n) is 1.57. The lowest BCUT2D eigenvalue weighted by Crippen LogP contribution is -1.89. The summed E-state index contributed by atoms with van der Waals surface area (Å²) in [4.78, 5) is 14.2. The predicted octanol–water partition coefficient (Wildman–Crippen LogP) is 5.01. The van der Waals surface area contributed by atoms with Crippen LogP contribution in [-0.2, 0) is 0 Å². The zero-order chi connectivity index (χ0) is 15.6. The second-order valence-corrected chi connectivity index (χ2v) is 5.17. The van der Waals surface area contributed by atoms with E-state index in [2.05, 4.69) is 4.99 Å². The summed E-state index contributed by atoms with van der Waals surface area (Å²) in [6.07, 6.45) is 1.28. The molecule has 2 aromatic carbocycles. The average molecular weight is 346 g/mol. The first kappa shape index (κ1) is 15.6. The van der Waals surface area contributed by atoms with E-state index in [0.29, 0.717) is 5.02 Å². The number of halogens is 3. The highest BCUT2D eigenvalue weighted by Crippen LogP contribution is 2.34. The first-order chi connectivity index (χ1) is 9.90. The number of benzene rings is 2. The number of hydrogen-bond donors (Lipinski definition) is 1. The topological polar surface area (TPSA) is 75.7 Å². The third kappa shape index (κ3) is 3.44. The van der Waals surface area contributed by atoms with Gasteiger partial charge in [-0.3, -0.25) is 15.1 Å². The second-order valence-electron chi connectivity index (χ2n) is 3.95. The molecule has 0 saturated carbocycles. The number of aliphatic imine (C=N–C) groups is 1. The molecule has 0 aliphatic rings. The highest BCUT2D eigenvalue weighted by Gasteiger charge is 2.14. The van der Waals surface area contributed by atoms with Gasteiger partial charge in [0.1, 0.15) is 10.8 Å². The summed E-state index contributed by atoms with van der Waals surface area (Å²) >= 11 is 17.5. The van der Waals surface area contributed by atoms with E-state index in [9.17, 15) is 15.2 Å². The van der Waals surface area contributed by atoms with Crippen LogP contribution in [0.1, 0.15) is 5.56 Å². The molecule has 108 valence electrons. The molecule has 1 N–H and O–H groups in total. The maximum absolute atomic E-state index is 10.8. The molecule has 0 atom stereocenters. The Morgan fingerprint density at radius 2 is 1.95 bits per heavy atom. The zero-order valence-electron chi connectivity index (χ0n) is 10.3. The summed E-state index contributed by atoms with van der Waals surface area (Å²) in [5.74, 6) is -0.189. The monoisotopic (exact) mass is 344 g/mol. The summed E-state index contributed by atoms with van der Waals surface area (Å²) in [5.41, 5.74) is 0.219. The Bertz CT molecular complexity index is 748. The van der Waals surface area contributed by atoms with Crippen molar-refractivity contribution in [3.63, 3.8) is 0 Å². The number of rotatable bonds is 3. The van der Waals surface area contributed by atoms with Crippen molar-refractivity contribution < 1.29 is 10.0 Å². The van der Waals surface area contributed by atoms with Crippen molar-refractivity contribution in [2.45, 2.75) is 0 Å². The first-order valence-corrected chi connectivity index (χ1v) is 6.68. The molecule has 0 unspecified atom stereocenters. The van der Waals surface area contributed by atoms with Gasteiger partial charge in [0, 0.05) is 22.9 Å². The molecule has 2 aromatic rings. The quantitative estimate of drug-likeness (QED) is 0.482. The lowest BCUT2D eigenvalue weighted by Gasteiger charge is -2.03. The van der Waals surface area contributed by atoms with Gasteiger partial charge in [-0.05, 0) is 18.2 Å². The van der Waals surface area contributed by atoms with Crippen molar-refractivity contribution in [1.82, 2.24) is 0 Å². The molecular formula is C13H7Cl3N2O3. The maximum atomic E-state index is 10.8. The van der Waals surface area contributed by atoms with Gasteiger partial charge in [-0.25, -0.2) is 0 Å². The van der Waals surface area contributed by atoms with E-state index < -0.39 is 4.92 Å². The molecule has 0 aliphatic heterocycles. The van der Waals surface area contributed by atoms with Crippen molar-refractivity contribution in [3.8, 4) is 5.75 Å². The van der Waals surface area contributed by atoms with Gasteiger partial charge in [-0.15, -0.1) is 0 Å². The van der Waals surface area contributed by atoms with E-state index in [0.717, 1.165) is 0 Å². The molecule has 0 aliphatic carbocycles. The highest BCUT2D eigenvalue weighted by molar-refractivity contribution is 6.36. The second kappa shape index (κ2) is 6.30. The Hall–Kier alpha value is -1.82. The van der Waals surface area contributed by atoms with Crippen molar-refractivity contribution in [2.24, 2.45) is 4.99 Å². The average Bonchev–Trinajstić information content (AvgIpc) is 2.42. The number of phenols is 1. The van der Waals surface area contributed by atoms with Crippen molar-refractivity contribution in [2.75, 3.05) is 0 Å². The number of nitrogens with zero attached hydrogens (tertiary/aromatic N) is 2. The zero-order valence-corrected chi connectivity index (χ0v) is 12.5. The van der Waals surface area contributed by atoms with Gasteiger partial charge in [0.2, 0.25) is 0 Å². The van der Waals surface area contributed by atoms with Crippen LogP contribution in [0.25, 0.3) is 0 Å². The molecule has 0 spiro atoms. The largest absolute Gasteiger partial charge is 0.506 e. The van der Waals surface area contributed by atoms with E-state index in [-0.39, 0.29) is 32.7 Å². The van der Waals surface area contributed by atoms with Crippen molar-refractivity contribution in [1.29, 1.82) is 0 Å². The van der Waals surface area contributed by atoms with Crippen LogP contribution >= 0.6 is 34.8 Å². The van der Waals surface area contributed by atoms with Gasteiger partial charge < -0.3 is 5.11 Å². The number of aromatic hydroxyl groups is 1. The molecule has 0 amide bonds. The Labute approximate surface area is 134 Å². The summed E-state index contributed by atoms with van der Waals surface area (Å²) < 4.78 is 0. The SMILES string of the molecule is O=[N+]([O-])c1cccc(N=Cc2cc(Cl)cc(Cl)c2O)c1Cl. The summed E-state index contributed by atoms with van der Waals surface area (Å²) in [6, 6.07) is 7.08. The van der Waals surface area contributed by atoms with Gasteiger partial charge in [-0.2, -0.15) is 0 Å². The minimum Gasteiger partial charge on any atom is -0.506 e. The molecule has 0 radical (unpaired) electrons. The van der Waals surface area contributed by atoms with Crippen LogP contribution in [0.2, 0.25) is 15.1 Å². The van der Waals surface area contributed by atoms with Crippen LogP contribution in [0, 0.1) is 10.1 Å². The van der Waals surface area contributed by atoms with Crippen molar-refractivity contribution >= 4 is 52.4 Å². The van der Waals surface area contributed by atoms with Crippen LogP contribution < -0.4 is 0 Å². The first-order valence-electron chi connectivity index (χ1n) is 5.55. The van der Waals surface area contributed by atoms with Gasteiger partial charge in [-0.1, -0.05) is 40.9 Å². The fourth-order valence-corrected chi connectivity index (χ4v) is 2.32. The number of hydrogen-bond acceptors (Lipinski definition) is 4. The third-order valence-electron chi connectivity index (χ3n) is 2.56. The summed E-state index contributed by atoms with van der Waals surface area (Å²) in [5, 5.41) is 20.9. The Morgan fingerprint density at radius 3 is 2.62 bits per heavy atom. The van der Waals surface area contributed by atoms with Gasteiger partial charge in [0.15, 0.2) is 0 Å². The molecule has 0 fully saturated rings. The van der Waals surface area contributed by atoms with Crippen LogP contribution in [0.15, 0.2) is 35.3 Å². The molecule has 0 aromatic heterocycles. The van der Waals surface area contributed by atoms with Crippen LogP contribution in [0.4, 0.5) is 11.4 Å². The molecular weight excluding hydrogens is 339 g/mol. The number of nitro groups is 1. The van der Waals surface area contributed by atoms with E-state index >= 15 is 0 Å². The van der Waals surface area contributed by atoms with E-state index in [1.54, 1.807) is 0 Å². The molecule has 21 heavy (non-hydrogen) atoms. The Balaban J connectivity index is 2.43. The summed E-state index contributed by atoms with van der Waals surface area (Å²) in [6.45, 7) is 0. The van der Waals surface area contributed by atoms with E-state index in [1.807, 2.05) is 0 Å². The van der Waals surface area contributed by atoms with Gasteiger partial charge in [0.05, 0.1) is 15.6 Å². The van der Waals surface area contributed by atoms with Crippen LogP contribution in [0.3, 0.4) is 0 Å². The standard InChI is InChI=1S/C13H7Cl3N2O3/c14-8-4-7(13(19)9(15)5-8)6-17-10-2-1-3-11(12(10)16)18(20)21/h1-6,19H. The van der Waals surface area contributed by atoms with Crippen LogP contribution in [-0.4, -0.2) is 16.2 Å². The molecule has 2 rings (SSSR count). The normalized spacial score (nSPS) is 11.0. The molecule has 5 nitrogen and oxygen atoms in total. The highest BCUT2D eigenvalue weighted by atomic mass is 35.5. The van der Waals surface area contributed by atoms with Crippen LogP contribution in [0.5, 0.6) is 5.75 Å². The lowest BCUT2D eigenvalue weighted by molar-refractivity contribution is -0.384. The van der Waals surface area contributed by atoms with E-state index in [1.165, 1.54) is 36.5 Å². The minimum atomic E-state index is -0.602. The molecule has 8 heteroatoms. The number of nitro benzene ring substituents is 1.